The molecule has 0 heterocycles. The number of para-hydroxylation sites is 1. The first-order valence-electron chi connectivity index (χ1n) is 4.93. The summed E-state index contributed by atoms with van der Waals surface area (Å²) in [4.78, 5) is 10.1. The minimum atomic E-state index is -0.414. The molecule has 2 aromatic carbocycles. The highest BCUT2D eigenvalue weighted by Gasteiger charge is 2.04. The van der Waals surface area contributed by atoms with Crippen LogP contribution in [0.25, 0.3) is 0 Å². The van der Waals surface area contributed by atoms with E-state index in [9.17, 15) is 10.1 Å². The number of nitrogens with one attached hydrogen (secondary N) is 1. The number of nitrogens with zero attached hydrogens (tertiary/aromatic N) is 1. The van der Waals surface area contributed by atoms with Gasteiger partial charge >= 0.3 is 0 Å². The molecular formula is C12H9BrN2O2. The molecule has 0 saturated heterocycles. The highest BCUT2D eigenvalue weighted by molar-refractivity contribution is 9.10. The molecule has 2 rings (SSSR count). The Kier molecular flexibility index (Phi) is 3.39. The van der Waals surface area contributed by atoms with Crippen LogP contribution in [-0.2, 0) is 0 Å². The molecule has 0 unspecified atom stereocenters. The molecule has 0 bridgehead atoms. The van der Waals surface area contributed by atoms with Gasteiger partial charge in [-0.3, -0.25) is 10.1 Å². The van der Waals surface area contributed by atoms with E-state index >= 15 is 0 Å². The number of nitro benzene ring substituents is 1. The first-order chi connectivity index (χ1) is 8.16. The lowest BCUT2D eigenvalue weighted by molar-refractivity contribution is -0.384. The van der Waals surface area contributed by atoms with Crippen LogP contribution in [0.1, 0.15) is 0 Å². The Morgan fingerprint density at radius 2 is 1.71 bits per heavy atom. The van der Waals surface area contributed by atoms with Gasteiger partial charge in [0.1, 0.15) is 0 Å². The molecule has 0 aliphatic rings. The Labute approximate surface area is 107 Å². The van der Waals surface area contributed by atoms with Crippen LogP contribution in [0.3, 0.4) is 0 Å². The lowest BCUT2D eigenvalue weighted by Gasteiger charge is -2.07. The predicted octanol–water partition coefficient (Wildman–Crippen LogP) is 4.10. The van der Waals surface area contributed by atoms with Gasteiger partial charge in [0.15, 0.2) is 0 Å². The molecule has 4 nitrogen and oxygen atoms in total. The zero-order valence-corrected chi connectivity index (χ0v) is 10.3. The Balaban J connectivity index is 2.20. The molecule has 2 aromatic rings. The van der Waals surface area contributed by atoms with Crippen molar-refractivity contribution in [2.24, 2.45) is 0 Å². The van der Waals surface area contributed by atoms with Crippen molar-refractivity contribution in [3.63, 3.8) is 0 Å². The van der Waals surface area contributed by atoms with E-state index in [2.05, 4.69) is 21.2 Å². The van der Waals surface area contributed by atoms with Gasteiger partial charge in [-0.05, 0) is 40.2 Å². The fourth-order valence-corrected chi connectivity index (χ4v) is 1.77. The second kappa shape index (κ2) is 4.97. The van der Waals surface area contributed by atoms with E-state index in [1.807, 2.05) is 24.3 Å². The molecule has 0 amide bonds. The Morgan fingerprint density at radius 1 is 1.06 bits per heavy atom. The number of halogens is 1. The van der Waals surface area contributed by atoms with Crippen LogP contribution in [-0.4, -0.2) is 4.92 Å². The molecule has 5 heteroatoms. The van der Waals surface area contributed by atoms with Crippen LogP contribution in [0.15, 0.2) is 53.0 Å². The van der Waals surface area contributed by atoms with Crippen molar-refractivity contribution in [3.05, 3.63) is 63.1 Å². The number of benzene rings is 2. The summed E-state index contributed by atoms with van der Waals surface area (Å²) in [6.45, 7) is 0. The quantitative estimate of drug-likeness (QED) is 0.684. The lowest BCUT2D eigenvalue weighted by Crippen LogP contribution is -1.92. The maximum absolute atomic E-state index is 10.5. The molecule has 17 heavy (non-hydrogen) atoms. The third kappa shape index (κ3) is 2.82. The van der Waals surface area contributed by atoms with E-state index in [1.165, 1.54) is 12.1 Å². The number of rotatable bonds is 3. The van der Waals surface area contributed by atoms with Crippen molar-refractivity contribution >= 4 is 33.0 Å². The number of non-ortho nitro benzene ring substituents is 1. The third-order valence-electron chi connectivity index (χ3n) is 2.23. The molecule has 0 saturated carbocycles. The summed E-state index contributed by atoms with van der Waals surface area (Å²) in [5.41, 5.74) is 1.81. The molecule has 0 atom stereocenters. The van der Waals surface area contributed by atoms with Gasteiger partial charge in [0, 0.05) is 22.3 Å². The Bertz CT molecular complexity index is 540. The zero-order valence-electron chi connectivity index (χ0n) is 8.76. The predicted molar refractivity (Wildman–Crippen MR) is 70.5 cm³/mol. The van der Waals surface area contributed by atoms with Crippen molar-refractivity contribution in [2.75, 3.05) is 5.32 Å². The Hall–Kier alpha value is -1.88. The van der Waals surface area contributed by atoms with Gasteiger partial charge in [-0.2, -0.15) is 0 Å². The van der Waals surface area contributed by atoms with Gasteiger partial charge < -0.3 is 5.32 Å². The van der Waals surface area contributed by atoms with E-state index in [1.54, 1.807) is 12.1 Å². The largest absolute Gasteiger partial charge is 0.355 e. The van der Waals surface area contributed by atoms with Crippen LogP contribution in [0.2, 0.25) is 0 Å². The van der Waals surface area contributed by atoms with Gasteiger partial charge in [0.2, 0.25) is 0 Å². The second-order valence-electron chi connectivity index (χ2n) is 3.41. The molecule has 1 N–H and O–H groups in total. The lowest BCUT2D eigenvalue weighted by atomic mass is 10.2. The van der Waals surface area contributed by atoms with Gasteiger partial charge in [-0.1, -0.05) is 12.1 Å². The van der Waals surface area contributed by atoms with Crippen molar-refractivity contribution in [2.45, 2.75) is 0 Å². The van der Waals surface area contributed by atoms with E-state index in [0.29, 0.717) is 0 Å². The van der Waals surface area contributed by atoms with Gasteiger partial charge in [-0.25, -0.2) is 0 Å². The zero-order chi connectivity index (χ0) is 12.3. The normalized spacial score (nSPS) is 9.94. The van der Waals surface area contributed by atoms with Crippen LogP contribution in [0.5, 0.6) is 0 Å². The number of anilines is 2. The Morgan fingerprint density at radius 3 is 2.29 bits per heavy atom. The van der Waals surface area contributed by atoms with E-state index in [0.717, 1.165) is 15.8 Å². The maximum Gasteiger partial charge on any atom is 0.269 e. The number of hydrogen-bond acceptors (Lipinski definition) is 3. The average molecular weight is 293 g/mol. The molecule has 0 aromatic heterocycles. The summed E-state index contributed by atoms with van der Waals surface area (Å²) in [6, 6.07) is 14.0. The van der Waals surface area contributed by atoms with Crippen LogP contribution in [0, 0.1) is 10.1 Å². The minimum absolute atomic E-state index is 0.0858. The molecule has 0 spiro atoms. The topological polar surface area (TPSA) is 55.2 Å². The fourth-order valence-electron chi connectivity index (χ4n) is 1.38. The summed E-state index contributed by atoms with van der Waals surface area (Å²) in [7, 11) is 0. The van der Waals surface area contributed by atoms with Crippen LogP contribution in [0.4, 0.5) is 17.1 Å². The van der Waals surface area contributed by atoms with Crippen LogP contribution >= 0.6 is 15.9 Å². The molecule has 0 aliphatic carbocycles. The monoisotopic (exact) mass is 292 g/mol. The summed E-state index contributed by atoms with van der Waals surface area (Å²) < 4.78 is 0.943. The fraction of sp³-hybridized carbons (Fsp3) is 0. The molecular weight excluding hydrogens is 284 g/mol. The highest BCUT2D eigenvalue weighted by Crippen LogP contribution is 2.26. The number of nitro groups is 1. The first-order valence-corrected chi connectivity index (χ1v) is 5.72. The van der Waals surface area contributed by atoms with Crippen molar-refractivity contribution < 1.29 is 4.92 Å². The maximum atomic E-state index is 10.5. The van der Waals surface area contributed by atoms with Gasteiger partial charge in [0.25, 0.3) is 5.69 Å². The van der Waals surface area contributed by atoms with E-state index in [-0.39, 0.29) is 5.69 Å². The SMILES string of the molecule is O=[N+]([O-])c1ccc(Nc2ccccc2Br)cc1. The molecule has 0 fully saturated rings. The van der Waals surface area contributed by atoms with Crippen LogP contribution < -0.4 is 5.32 Å². The molecule has 86 valence electrons. The van der Waals surface area contributed by atoms with Gasteiger partial charge in [-0.15, -0.1) is 0 Å². The molecule has 0 radical (unpaired) electrons. The summed E-state index contributed by atoms with van der Waals surface area (Å²) in [6.07, 6.45) is 0. The van der Waals surface area contributed by atoms with Crippen molar-refractivity contribution in [1.82, 2.24) is 0 Å². The van der Waals surface area contributed by atoms with Crippen molar-refractivity contribution in [3.8, 4) is 0 Å². The highest BCUT2D eigenvalue weighted by atomic mass is 79.9. The van der Waals surface area contributed by atoms with Crippen molar-refractivity contribution in [1.29, 1.82) is 0 Å². The average Bonchev–Trinajstić information content (AvgIpc) is 2.33. The summed E-state index contributed by atoms with van der Waals surface area (Å²) >= 11 is 3.42. The van der Waals surface area contributed by atoms with E-state index in [4.69, 9.17) is 0 Å². The number of hydrogen-bond donors (Lipinski definition) is 1. The molecule has 0 aliphatic heterocycles. The standard InChI is InChI=1S/C12H9BrN2O2/c13-11-3-1-2-4-12(11)14-9-5-7-10(8-6-9)15(16)17/h1-8,14H. The third-order valence-corrected chi connectivity index (χ3v) is 2.92. The smallest absolute Gasteiger partial charge is 0.269 e. The summed E-state index contributed by atoms with van der Waals surface area (Å²) in [5, 5.41) is 13.7. The van der Waals surface area contributed by atoms with Gasteiger partial charge in [0.05, 0.1) is 10.6 Å². The first kappa shape index (κ1) is 11.6. The van der Waals surface area contributed by atoms with E-state index < -0.39 is 4.92 Å². The summed E-state index contributed by atoms with van der Waals surface area (Å²) in [5.74, 6) is 0. The minimum Gasteiger partial charge on any atom is -0.355 e. The second-order valence-corrected chi connectivity index (χ2v) is 4.26.